The Morgan fingerprint density at radius 1 is 1.10 bits per heavy atom. The van der Waals surface area contributed by atoms with Gasteiger partial charge >= 0.3 is 0 Å². The maximum atomic E-state index is 12.0. The highest BCUT2D eigenvalue weighted by Crippen LogP contribution is 2.14. The number of nitrogens with two attached hydrogens (primary N) is 1. The van der Waals surface area contributed by atoms with Crippen molar-refractivity contribution in [3.05, 3.63) is 53.6 Å². The van der Waals surface area contributed by atoms with E-state index in [1.807, 2.05) is 0 Å². The number of hydrogen-bond acceptors (Lipinski definition) is 3. The first-order chi connectivity index (χ1) is 9.54. The summed E-state index contributed by atoms with van der Waals surface area (Å²) in [5.41, 5.74) is 6.77. The van der Waals surface area contributed by atoms with Crippen molar-refractivity contribution < 1.29 is 9.00 Å². The van der Waals surface area contributed by atoms with Crippen LogP contribution in [0.5, 0.6) is 0 Å². The van der Waals surface area contributed by atoms with Gasteiger partial charge in [0.15, 0.2) is 0 Å². The fourth-order valence-electron chi connectivity index (χ4n) is 1.55. The van der Waals surface area contributed by atoms with Gasteiger partial charge in [-0.2, -0.15) is 0 Å². The van der Waals surface area contributed by atoms with E-state index in [2.05, 4.69) is 5.32 Å². The fraction of sp³-hybridized carbons (Fsp3) is 0.0714. The number of benzene rings is 2. The molecule has 0 aliphatic carbocycles. The molecule has 1 atom stereocenters. The largest absolute Gasteiger partial charge is 0.399 e. The van der Waals surface area contributed by atoms with Gasteiger partial charge in [0.2, 0.25) is 5.91 Å². The van der Waals surface area contributed by atoms with E-state index < -0.39 is 10.8 Å². The highest BCUT2D eigenvalue weighted by molar-refractivity contribution is 7.85. The smallest absolute Gasteiger partial charge is 0.237 e. The summed E-state index contributed by atoms with van der Waals surface area (Å²) in [5.74, 6) is -0.422. The van der Waals surface area contributed by atoms with Crippen molar-refractivity contribution in [2.75, 3.05) is 16.8 Å². The molecule has 0 fully saturated rings. The number of carbonyl (C=O) groups excluding carboxylic acids is 1. The molecule has 20 heavy (non-hydrogen) atoms. The molecule has 0 saturated heterocycles. The molecule has 0 aromatic heterocycles. The highest BCUT2D eigenvalue weighted by Gasteiger charge is 2.10. The summed E-state index contributed by atoms with van der Waals surface area (Å²) in [7, 11) is -1.39. The molecule has 0 radical (unpaired) electrons. The van der Waals surface area contributed by atoms with Gasteiger partial charge in [-0.1, -0.05) is 11.6 Å². The minimum Gasteiger partial charge on any atom is -0.399 e. The van der Waals surface area contributed by atoms with Crippen molar-refractivity contribution >= 4 is 39.7 Å². The molecule has 0 bridgehead atoms. The van der Waals surface area contributed by atoms with E-state index in [0.29, 0.717) is 21.3 Å². The zero-order chi connectivity index (χ0) is 14.5. The van der Waals surface area contributed by atoms with Crippen LogP contribution in [0.3, 0.4) is 0 Å². The Kier molecular flexibility index (Phi) is 4.76. The van der Waals surface area contributed by atoms with Gasteiger partial charge in [-0.05, 0) is 48.5 Å². The van der Waals surface area contributed by atoms with Crippen molar-refractivity contribution in [2.45, 2.75) is 4.90 Å². The van der Waals surface area contributed by atoms with Crippen LogP contribution in [-0.2, 0) is 15.6 Å². The lowest BCUT2D eigenvalue weighted by atomic mass is 10.3. The zero-order valence-electron chi connectivity index (χ0n) is 10.5. The second-order valence-electron chi connectivity index (χ2n) is 4.11. The third-order valence-electron chi connectivity index (χ3n) is 2.53. The molecule has 104 valence electrons. The Morgan fingerprint density at radius 3 is 2.30 bits per heavy atom. The Hall–Kier alpha value is -1.85. The first-order valence-electron chi connectivity index (χ1n) is 5.84. The summed E-state index contributed by atoms with van der Waals surface area (Å²) in [4.78, 5) is 12.4. The van der Waals surface area contributed by atoms with Gasteiger partial charge in [-0.25, -0.2) is 0 Å². The van der Waals surface area contributed by atoms with Gasteiger partial charge in [0.25, 0.3) is 0 Å². The summed E-state index contributed by atoms with van der Waals surface area (Å²) < 4.78 is 12.0. The van der Waals surface area contributed by atoms with E-state index >= 15 is 0 Å². The number of anilines is 2. The van der Waals surface area contributed by atoms with Crippen LogP contribution in [-0.4, -0.2) is 15.9 Å². The monoisotopic (exact) mass is 308 g/mol. The van der Waals surface area contributed by atoms with Gasteiger partial charge in [-0.3, -0.25) is 9.00 Å². The molecule has 2 rings (SSSR count). The third kappa shape index (κ3) is 4.08. The molecule has 2 aromatic rings. The number of carbonyl (C=O) groups is 1. The molecular weight excluding hydrogens is 296 g/mol. The van der Waals surface area contributed by atoms with E-state index in [1.54, 1.807) is 48.5 Å². The minimum atomic E-state index is -1.39. The maximum Gasteiger partial charge on any atom is 0.237 e. The van der Waals surface area contributed by atoms with E-state index in [9.17, 15) is 9.00 Å². The van der Waals surface area contributed by atoms with Crippen molar-refractivity contribution in [1.29, 1.82) is 0 Å². The topological polar surface area (TPSA) is 72.2 Å². The summed E-state index contributed by atoms with van der Waals surface area (Å²) in [5, 5.41) is 3.26. The number of rotatable bonds is 4. The van der Waals surface area contributed by atoms with E-state index in [-0.39, 0.29) is 11.7 Å². The molecule has 4 nitrogen and oxygen atoms in total. The molecule has 3 N–H and O–H groups in total. The van der Waals surface area contributed by atoms with E-state index in [0.717, 1.165) is 0 Å². The Bertz CT molecular complexity index is 627. The standard InChI is InChI=1S/C14H13ClN2O2S/c15-10-1-5-12(6-2-10)17-14(18)9-20(19)13-7-3-11(16)4-8-13/h1-8H,9,16H2,(H,17,18). The van der Waals surface area contributed by atoms with Gasteiger partial charge in [0.05, 0.1) is 10.8 Å². The summed E-state index contributed by atoms with van der Waals surface area (Å²) in [6, 6.07) is 13.3. The lowest BCUT2D eigenvalue weighted by molar-refractivity contribution is -0.113. The molecule has 0 heterocycles. The van der Waals surface area contributed by atoms with Crippen LogP contribution in [0.1, 0.15) is 0 Å². The molecule has 0 saturated carbocycles. The van der Waals surface area contributed by atoms with Gasteiger partial charge in [0, 0.05) is 21.3 Å². The number of hydrogen-bond donors (Lipinski definition) is 2. The quantitative estimate of drug-likeness (QED) is 0.853. The summed E-state index contributed by atoms with van der Waals surface area (Å²) >= 11 is 5.75. The molecule has 2 aromatic carbocycles. The lowest BCUT2D eigenvalue weighted by Crippen LogP contribution is -2.19. The molecule has 0 spiro atoms. The zero-order valence-corrected chi connectivity index (χ0v) is 12.1. The van der Waals surface area contributed by atoms with Crippen LogP contribution >= 0.6 is 11.6 Å². The van der Waals surface area contributed by atoms with Crippen molar-refractivity contribution in [1.82, 2.24) is 0 Å². The summed E-state index contributed by atoms with van der Waals surface area (Å²) in [6.45, 7) is 0. The molecule has 1 amide bonds. The van der Waals surface area contributed by atoms with Crippen LogP contribution in [0.2, 0.25) is 5.02 Å². The Labute approximate surface area is 124 Å². The lowest BCUT2D eigenvalue weighted by Gasteiger charge is -2.05. The molecule has 0 aliphatic heterocycles. The molecular formula is C14H13ClN2O2S. The second kappa shape index (κ2) is 6.54. The van der Waals surface area contributed by atoms with Crippen molar-refractivity contribution in [3.63, 3.8) is 0 Å². The number of nitrogen functional groups attached to an aromatic ring is 1. The second-order valence-corrected chi connectivity index (χ2v) is 6.00. The predicted molar refractivity (Wildman–Crippen MR) is 82.2 cm³/mol. The highest BCUT2D eigenvalue weighted by atomic mass is 35.5. The van der Waals surface area contributed by atoms with Crippen molar-refractivity contribution in [3.8, 4) is 0 Å². The number of nitrogens with one attached hydrogen (secondary N) is 1. The van der Waals surface area contributed by atoms with Crippen LogP contribution in [0.4, 0.5) is 11.4 Å². The predicted octanol–water partition coefficient (Wildman–Crippen LogP) is 2.67. The van der Waals surface area contributed by atoms with Gasteiger partial charge in [-0.15, -0.1) is 0 Å². The van der Waals surface area contributed by atoms with Crippen molar-refractivity contribution in [2.24, 2.45) is 0 Å². The van der Waals surface area contributed by atoms with E-state index in [1.165, 1.54) is 0 Å². The number of halogens is 1. The normalized spacial score (nSPS) is 11.8. The Balaban J connectivity index is 1.95. The van der Waals surface area contributed by atoms with Crippen LogP contribution < -0.4 is 11.1 Å². The van der Waals surface area contributed by atoms with Crippen LogP contribution in [0.25, 0.3) is 0 Å². The number of amides is 1. The average Bonchev–Trinajstić information content (AvgIpc) is 2.42. The third-order valence-corrected chi connectivity index (χ3v) is 4.11. The van der Waals surface area contributed by atoms with Crippen LogP contribution in [0, 0.1) is 0 Å². The maximum absolute atomic E-state index is 12.0. The fourth-order valence-corrected chi connectivity index (χ4v) is 2.59. The van der Waals surface area contributed by atoms with Gasteiger partial charge < -0.3 is 11.1 Å². The molecule has 6 heteroatoms. The van der Waals surface area contributed by atoms with E-state index in [4.69, 9.17) is 17.3 Å². The average molecular weight is 309 g/mol. The van der Waals surface area contributed by atoms with Gasteiger partial charge in [0.1, 0.15) is 5.75 Å². The summed E-state index contributed by atoms with van der Waals surface area (Å²) in [6.07, 6.45) is 0. The first-order valence-corrected chi connectivity index (χ1v) is 7.53. The molecule has 0 aliphatic rings. The SMILES string of the molecule is Nc1ccc(S(=O)CC(=O)Nc2ccc(Cl)cc2)cc1. The van der Waals surface area contributed by atoms with Crippen LogP contribution in [0.15, 0.2) is 53.4 Å². The molecule has 1 unspecified atom stereocenters. The Morgan fingerprint density at radius 2 is 1.70 bits per heavy atom. The minimum absolute atomic E-state index is 0.105. The first kappa shape index (κ1) is 14.6.